The van der Waals surface area contributed by atoms with Crippen LogP contribution < -0.4 is 28.3 Å². The van der Waals surface area contributed by atoms with Gasteiger partial charge in [-0.05, 0) is 113 Å². The van der Waals surface area contributed by atoms with Crippen LogP contribution in [0, 0.1) is 0 Å². The van der Waals surface area contributed by atoms with Crippen molar-refractivity contribution in [3.05, 3.63) is 108 Å². The predicted molar refractivity (Wildman–Crippen MR) is 215 cm³/mol. The molecule has 2 heterocycles. The molecule has 0 saturated heterocycles. The van der Waals surface area contributed by atoms with Crippen LogP contribution in [-0.4, -0.2) is 57.8 Å². The highest BCUT2D eigenvalue weighted by molar-refractivity contribution is 7.49. The minimum absolute atomic E-state index is 0.380. The number of anilines is 2. The Balaban J connectivity index is 1.23. The molecule has 0 fully saturated rings. The van der Waals surface area contributed by atoms with Crippen molar-refractivity contribution in [2.24, 2.45) is 0 Å². The molecule has 0 aromatic heterocycles. The minimum atomic E-state index is -4.25. The van der Waals surface area contributed by atoms with E-state index in [1.54, 1.807) is 19.2 Å². The Hall–Kier alpha value is -4.21. The second-order valence-corrected chi connectivity index (χ2v) is 15.7. The molecule has 4 aromatic carbocycles. The second kappa shape index (κ2) is 19.4. The van der Waals surface area contributed by atoms with Gasteiger partial charge in [0, 0.05) is 55.3 Å². The molecule has 0 N–H and O–H groups in total. The zero-order valence-corrected chi connectivity index (χ0v) is 33.1. The average molecular weight is 758 g/mol. The molecular weight excluding hydrogens is 701 g/mol. The Morgan fingerprint density at radius 1 is 0.741 bits per heavy atom. The number of phosphoric ester groups is 1. The van der Waals surface area contributed by atoms with E-state index in [2.05, 4.69) is 59.9 Å². The van der Waals surface area contributed by atoms with Gasteiger partial charge in [-0.2, -0.15) is 0 Å². The highest BCUT2D eigenvalue weighted by Gasteiger charge is 2.36. The van der Waals surface area contributed by atoms with Crippen LogP contribution in [0.1, 0.15) is 69.9 Å². The van der Waals surface area contributed by atoms with E-state index in [4.69, 9.17) is 27.8 Å². The summed E-state index contributed by atoms with van der Waals surface area (Å²) in [5.74, 6) is 2.29. The van der Waals surface area contributed by atoms with Crippen molar-refractivity contribution in [3.63, 3.8) is 0 Å². The summed E-state index contributed by atoms with van der Waals surface area (Å²) in [4.78, 5) is 6.67. The molecule has 0 amide bonds. The van der Waals surface area contributed by atoms with Crippen LogP contribution >= 0.6 is 7.82 Å². The highest BCUT2D eigenvalue weighted by atomic mass is 31.2. The number of methoxy groups -OCH3 is 1. The maximum atomic E-state index is 15.0. The molecule has 0 saturated carbocycles. The van der Waals surface area contributed by atoms with Crippen molar-refractivity contribution in [2.45, 2.75) is 84.0 Å². The summed E-state index contributed by atoms with van der Waals surface area (Å²) in [6, 6.07) is 31.7. The van der Waals surface area contributed by atoms with Crippen molar-refractivity contribution in [3.8, 4) is 23.0 Å². The number of fused-ring (bicyclic) bond motifs is 2. The zero-order valence-electron chi connectivity index (χ0n) is 32.2. The maximum absolute atomic E-state index is 15.0. The minimum Gasteiger partial charge on any atom is -0.473 e. The molecular formula is C43H56N3O7P. The van der Waals surface area contributed by atoms with Gasteiger partial charge in [0.2, 0.25) is 0 Å². The summed E-state index contributed by atoms with van der Waals surface area (Å²) in [5.41, 5.74) is 3.94. The Labute approximate surface area is 321 Å². The third-order valence-electron chi connectivity index (χ3n) is 10.1. The van der Waals surface area contributed by atoms with Crippen molar-refractivity contribution in [1.29, 1.82) is 0 Å². The second-order valence-electron chi connectivity index (χ2n) is 14.3. The number of para-hydroxylation sites is 2. The van der Waals surface area contributed by atoms with Gasteiger partial charge in [0.25, 0.3) is 0 Å². The van der Waals surface area contributed by atoms with E-state index in [1.807, 2.05) is 60.7 Å². The molecule has 0 radical (unpaired) electrons. The monoisotopic (exact) mass is 757 g/mol. The van der Waals surface area contributed by atoms with Crippen LogP contribution in [-0.2, 0) is 26.9 Å². The van der Waals surface area contributed by atoms with E-state index in [0.29, 0.717) is 63.5 Å². The van der Waals surface area contributed by atoms with Gasteiger partial charge >= 0.3 is 7.82 Å². The first-order valence-corrected chi connectivity index (χ1v) is 20.8. The molecule has 11 heteroatoms. The van der Waals surface area contributed by atoms with Gasteiger partial charge in [-0.1, -0.05) is 56.2 Å². The summed E-state index contributed by atoms with van der Waals surface area (Å²) in [7, 11) is -0.380. The summed E-state index contributed by atoms with van der Waals surface area (Å²) >= 11 is 0. The molecule has 0 aliphatic carbocycles. The van der Waals surface area contributed by atoms with Crippen molar-refractivity contribution in [2.75, 3.05) is 50.6 Å². The largest absolute Gasteiger partial charge is 0.587 e. The van der Waals surface area contributed by atoms with Crippen LogP contribution in [0.2, 0.25) is 0 Å². The van der Waals surface area contributed by atoms with Crippen molar-refractivity contribution < 1.29 is 32.3 Å². The third kappa shape index (κ3) is 10.9. The van der Waals surface area contributed by atoms with Gasteiger partial charge in [-0.15, -0.1) is 0 Å². The first-order valence-electron chi connectivity index (χ1n) is 19.3. The Bertz CT molecular complexity index is 1690. The highest BCUT2D eigenvalue weighted by Crippen LogP contribution is 2.52. The number of unbranched alkanes of at least 4 members (excludes halogenated alkanes) is 1. The first kappa shape index (κ1) is 39.5. The predicted octanol–water partition coefficient (Wildman–Crippen LogP) is 10.1. The lowest BCUT2D eigenvalue weighted by Crippen LogP contribution is -2.31. The van der Waals surface area contributed by atoms with E-state index < -0.39 is 7.82 Å². The molecule has 4 aromatic rings. The zero-order chi connectivity index (χ0) is 37.8. The van der Waals surface area contributed by atoms with Crippen molar-refractivity contribution >= 4 is 19.2 Å². The molecule has 0 spiro atoms. The van der Waals surface area contributed by atoms with Crippen LogP contribution in [0.3, 0.4) is 0 Å². The first-order chi connectivity index (χ1) is 26.3. The van der Waals surface area contributed by atoms with Gasteiger partial charge in [0.15, 0.2) is 13.5 Å². The number of rotatable bonds is 20. The summed E-state index contributed by atoms with van der Waals surface area (Å²) < 4.78 is 51.8. The summed E-state index contributed by atoms with van der Waals surface area (Å²) in [6.07, 6.45) is 6.16. The lowest BCUT2D eigenvalue weighted by molar-refractivity contribution is 0.108. The number of nitrogens with zero attached hydrogens (tertiary/aromatic N) is 3. The van der Waals surface area contributed by atoms with E-state index in [0.717, 1.165) is 53.4 Å². The normalized spacial score (nSPS) is 15.1. The quantitative estimate of drug-likeness (QED) is 0.0642. The van der Waals surface area contributed by atoms with E-state index >= 15 is 4.57 Å². The fourth-order valence-electron chi connectivity index (χ4n) is 6.88. The van der Waals surface area contributed by atoms with Gasteiger partial charge in [0.1, 0.15) is 23.0 Å². The number of ether oxygens (including phenoxy) is 3. The average Bonchev–Trinajstić information content (AvgIpc) is 3.19. The molecule has 10 nitrogen and oxygen atoms in total. The fraction of sp³-hybridized carbons (Fsp3) is 0.442. The summed E-state index contributed by atoms with van der Waals surface area (Å²) in [5, 5.41) is 0. The van der Waals surface area contributed by atoms with E-state index in [1.165, 1.54) is 19.3 Å². The molecule has 2 aliphatic heterocycles. The van der Waals surface area contributed by atoms with Crippen LogP contribution in [0.4, 0.5) is 11.4 Å². The van der Waals surface area contributed by atoms with E-state index in [-0.39, 0.29) is 6.10 Å². The Morgan fingerprint density at radius 2 is 1.28 bits per heavy atom. The van der Waals surface area contributed by atoms with Crippen molar-refractivity contribution in [1.82, 2.24) is 4.90 Å². The molecule has 6 rings (SSSR count). The molecule has 54 heavy (non-hydrogen) atoms. The molecule has 2 unspecified atom stereocenters. The fourth-order valence-corrected chi connectivity index (χ4v) is 8.32. The van der Waals surface area contributed by atoms with Crippen LogP contribution in [0.5, 0.6) is 23.0 Å². The van der Waals surface area contributed by atoms with Gasteiger partial charge in [-0.25, -0.2) is 4.57 Å². The topological polar surface area (TPSA) is 82.2 Å². The standard InChI is InChI=1S/C43H56N3O7P/c1-5-6-15-34(2)44(3)26-13-20-39(21-14-27-48-4)51-54(47,52-40-22-24-42-35(28-40)30-45(32-49-42)37-16-9-7-10-17-37)53-41-23-25-43-36(29-41)31-46(33-50-43)38-18-11-8-12-19-38/h7-12,16-19,22-25,28-29,34,39H,5-6,13-15,20-21,26-27,30-33H2,1-4H3. The number of hydrogen-bond acceptors (Lipinski definition) is 10. The maximum Gasteiger partial charge on any atom is 0.587 e. The molecule has 290 valence electrons. The van der Waals surface area contributed by atoms with E-state index in [9.17, 15) is 0 Å². The number of hydrogen-bond donors (Lipinski definition) is 0. The van der Waals surface area contributed by atoms with Crippen LogP contribution in [0.15, 0.2) is 97.1 Å². The Morgan fingerprint density at radius 3 is 1.80 bits per heavy atom. The molecule has 2 aliphatic rings. The Kier molecular flexibility index (Phi) is 14.2. The smallest absolute Gasteiger partial charge is 0.473 e. The molecule has 0 bridgehead atoms. The number of benzene rings is 4. The summed E-state index contributed by atoms with van der Waals surface area (Å²) in [6.45, 7) is 8.07. The van der Waals surface area contributed by atoms with Crippen LogP contribution in [0.25, 0.3) is 0 Å². The van der Waals surface area contributed by atoms with Gasteiger partial charge in [-0.3, -0.25) is 4.52 Å². The van der Waals surface area contributed by atoms with Gasteiger partial charge in [0.05, 0.1) is 6.10 Å². The lowest BCUT2D eigenvalue weighted by Gasteiger charge is -2.32. The molecule has 2 atom stereocenters. The third-order valence-corrected chi connectivity index (χ3v) is 11.6. The lowest BCUT2D eigenvalue weighted by atomic mass is 10.1. The SMILES string of the molecule is CCCCC(C)N(C)CCCC(CCCOC)OP(=O)(Oc1ccc2c(c1)CN(c1ccccc1)CO2)Oc1ccc2c(c1)CN(c1ccccc1)CO2. The number of phosphoric acid groups is 1. The van der Waals surface area contributed by atoms with Gasteiger partial charge < -0.3 is 38.0 Å².